The molecule has 6 aromatic carbocycles. The number of benzene rings is 6. The summed E-state index contributed by atoms with van der Waals surface area (Å²) in [7, 11) is 0. The van der Waals surface area contributed by atoms with Crippen molar-refractivity contribution in [2.75, 3.05) is 9.80 Å². The first-order chi connectivity index (χ1) is 31.5. The van der Waals surface area contributed by atoms with Crippen molar-refractivity contribution in [2.24, 2.45) is 0 Å². The molecule has 0 spiro atoms. The number of nitrogens with zero attached hydrogens (tertiary/aromatic N) is 2. The maximum atomic E-state index is 2.73. The van der Waals surface area contributed by atoms with Gasteiger partial charge in [-0.2, -0.15) is 0 Å². The zero-order valence-corrected chi connectivity index (χ0v) is 45.1. The lowest BCUT2D eigenvalue weighted by molar-refractivity contribution is 0.332. The molecule has 2 heterocycles. The lowest BCUT2D eigenvalue weighted by Crippen LogP contribution is -2.62. The van der Waals surface area contributed by atoms with Crippen molar-refractivity contribution in [2.45, 2.75) is 188 Å². The fraction of sp³-hybridized carbons (Fsp3) is 0.446. The van der Waals surface area contributed by atoms with Crippen LogP contribution in [-0.4, -0.2) is 6.71 Å². The van der Waals surface area contributed by atoms with Crippen LogP contribution in [0, 0.1) is 6.92 Å². The summed E-state index contributed by atoms with van der Waals surface area (Å²) in [6.07, 6.45) is 4.74. The molecule has 2 aliphatic carbocycles. The molecule has 4 aliphatic rings. The number of rotatable bonds is 3. The first-order valence-electron chi connectivity index (χ1n) is 26.0. The van der Waals surface area contributed by atoms with Crippen molar-refractivity contribution < 1.29 is 0 Å². The van der Waals surface area contributed by atoms with Crippen molar-refractivity contribution >= 4 is 57.2 Å². The average molecular weight is 899 g/mol. The van der Waals surface area contributed by atoms with Gasteiger partial charge in [-0.15, -0.1) is 0 Å². The summed E-state index contributed by atoms with van der Waals surface area (Å²) >= 11 is 0. The van der Waals surface area contributed by atoms with Crippen molar-refractivity contribution in [1.29, 1.82) is 0 Å². The molecule has 0 radical (unpaired) electrons. The quantitative estimate of drug-likeness (QED) is 0.163. The number of anilines is 6. The highest BCUT2D eigenvalue weighted by atomic mass is 15.2. The molecule has 0 atom stereocenters. The van der Waals surface area contributed by atoms with Crippen LogP contribution in [0.2, 0.25) is 0 Å². The SMILES string of the molecule is Cc1cc2c3c(c1)N(c1ccc(C(C)(C)C)cc1-c1ccc4c(c1)C(C)(C)CCC4(C)C)c1cc4c(cc1B3c1ccc(C(C)(C)C)cc1N2c1cccc(C(C)(C)C)c1)C(C)(C)CCC4(C)C. The first-order valence-corrected chi connectivity index (χ1v) is 26.0. The molecular weight excluding hydrogens is 820 g/mol. The van der Waals surface area contributed by atoms with Gasteiger partial charge in [0.05, 0.1) is 5.69 Å². The summed E-state index contributed by atoms with van der Waals surface area (Å²) in [5, 5.41) is 0. The normalized spacial score (nSPS) is 18.6. The lowest BCUT2D eigenvalue weighted by atomic mass is 9.33. The molecule has 0 saturated carbocycles. The number of fused-ring (bicyclic) bond motifs is 6. The van der Waals surface area contributed by atoms with Crippen LogP contribution in [0.4, 0.5) is 34.1 Å². The van der Waals surface area contributed by atoms with Crippen molar-refractivity contribution in [3.05, 3.63) is 148 Å². The molecule has 0 unspecified atom stereocenters. The Morgan fingerprint density at radius 3 is 1.51 bits per heavy atom. The molecule has 3 heteroatoms. The standard InChI is InChI=1S/C65H79BN2/c1-40-32-56-58-57(33-40)68(53-27-24-43(60(5,6)7)36-46(53)41-22-25-47-48(34-41)63(13,14)29-28-62(47,11)12)55-39-50-49(64(15,16)30-31-65(50,17)18)38-52(55)66(58)51-26-23-44(61(8,9)10)37-54(51)67(56)45-21-19-20-42(35-45)59(2,3)4/h19-27,32-39H,28-31H2,1-18H3. The molecule has 6 aromatic rings. The number of aryl methyl sites for hydroxylation is 1. The van der Waals surface area contributed by atoms with E-state index in [1.807, 2.05) is 0 Å². The van der Waals surface area contributed by atoms with Gasteiger partial charge in [0, 0.05) is 34.0 Å². The topological polar surface area (TPSA) is 6.48 Å². The number of hydrogen-bond donors (Lipinski definition) is 0. The average Bonchev–Trinajstić information content (AvgIpc) is 3.25. The molecule has 10 rings (SSSR count). The third-order valence-electron chi connectivity index (χ3n) is 17.3. The second-order valence-corrected chi connectivity index (χ2v) is 27.4. The van der Waals surface area contributed by atoms with Gasteiger partial charge in [-0.05, 0) is 186 Å². The Labute approximate surface area is 412 Å². The van der Waals surface area contributed by atoms with Gasteiger partial charge >= 0.3 is 0 Å². The van der Waals surface area contributed by atoms with Gasteiger partial charge in [-0.3, -0.25) is 0 Å². The summed E-state index contributed by atoms with van der Waals surface area (Å²) in [6.45, 7) is 43.3. The Morgan fingerprint density at radius 1 is 0.412 bits per heavy atom. The highest BCUT2D eigenvalue weighted by Crippen LogP contribution is 2.53. The van der Waals surface area contributed by atoms with E-state index in [9.17, 15) is 0 Å². The Morgan fingerprint density at radius 2 is 0.912 bits per heavy atom. The second kappa shape index (κ2) is 15.0. The molecule has 0 saturated heterocycles. The fourth-order valence-corrected chi connectivity index (χ4v) is 12.5. The maximum Gasteiger partial charge on any atom is 0.252 e. The molecule has 2 nitrogen and oxygen atoms in total. The van der Waals surface area contributed by atoms with Crippen LogP contribution in [0.3, 0.4) is 0 Å². The van der Waals surface area contributed by atoms with Crippen LogP contribution in [0.1, 0.15) is 188 Å². The number of hydrogen-bond acceptors (Lipinski definition) is 2. The minimum atomic E-state index is -0.0253. The van der Waals surface area contributed by atoms with E-state index in [2.05, 4.69) is 238 Å². The third kappa shape index (κ3) is 7.42. The highest BCUT2D eigenvalue weighted by molar-refractivity contribution is 7.00. The summed E-state index contributed by atoms with van der Waals surface area (Å²) in [6, 6.07) is 42.2. The van der Waals surface area contributed by atoms with Gasteiger partial charge in [0.15, 0.2) is 0 Å². The summed E-state index contributed by atoms with van der Waals surface area (Å²) in [5.41, 5.74) is 26.1. The smallest absolute Gasteiger partial charge is 0.252 e. The van der Waals surface area contributed by atoms with Crippen molar-refractivity contribution in [3.63, 3.8) is 0 Å². The Balaban J connectivity index is 1.34. The van der Waals surface area contributed by atoms with Crippen LogP contribution in [-0.2, 0) is 37.9 Å². The lowest BCUT2D eigenvalue weighted by Gasteiger charge is -2.48. The molecule has 352 valence electrons. The summed E-state index contributed by atoms with van der Waals surface area (Å²) in [4.78, 5) is 5.36. The molecule has 0 bridgehead atoms. The van der Waals surface area contributed by atoms with Gasteiger partial charge < -0.3 is 9.80 Å². The Kier molecular flexibility index (Phi) is 10.3. The van der Waals surface area contributed by atoms with E-state index in [-0.39, 0.29) is 44.6 Å². The molecular formula is C65H79BN2. The van der Waals surface area contributed by atoms with Gasteiger partial charge in [0.2, 0.25) is 0 Å². The van der Waals surface area contributed by atoms with E-state index in [0.29, 0.717) is 0 Å². The maximum absolute atomic E-state index is 2.73. The third-order valence-corrected chi connectivity index (χ3v) is 17.3. The summed E-state index contributed by atoms with van der Waals surface area (Å²) < 4.78 is 0. The van der Waals surface area contributed by atoms with E-state index in [1.165, 1.54) is 132 Å². The molecule has 0 fully saturated rings. The van der Waals surface area contributed by atoms with Crippen molar-refractivity contribution in [1.82, 2.24) is 0 Å². The Hall–Kier alpha value is -5.02. The van der Waals surface area contributed by atoms with Gasteiger partial charge in [0.25, 0.3) is 6.71 Å². The minimum absolute atomic E-state index is 0.00311. The van der Waals surface area contributed by atoms with Gasteiger partial charge in [-0.1, -0.05) is 172 Å². The van der Waals surface area contributed by atoms with E-state index in [1.54, 1.807) is 0 Å². The van der Waals surface area contributed by atoms with Crippen LogP contribution < -0.4 is 26.2 Å². The monoisotopic (exact) mass is 899 g/mol. The van der Waals surface area contributed by atoms with E-state index < -0.39 is 0 Å². The predicted molar refractivity (Wildman–Crippen MR) is 297 cm³/mol. The van der Waals surface area contributed by atoms with Crippen LogP contribution in [0.5, 0.6) is 0 Å². The van der Waals surface area contributed by atoms with E-state index in [0.717, 1.165) is 0 Å². The van der Waals surface area contributed by atoms with Crippen molar-refractivity contribution in [3.8, 4) is 11.1 Å². The molecule has 2 aliphatic heterocycles. The fourth-order valence-electron chi connectivity index (χ4n) is 12.5. The largest absolute Gasteiger partial charge is 0.311 e. The van der Waals surface area contributed by atoms with Crippen LogP contribution in [0.25, 0.3) is 11.1 Å². The summed E-state index contributed by atoms with van der Waals surface area (Å²) in [5.74, 6) is 0. The van der Waals surface area contributed by atoms with Gasteiger partial charge in [0.1, 0.15) is 0 Å². The zero-order valence-electron chi connectivity index (χ0n) is 45.1. The highest BCUT2D eigenvalue weighted by Gasteiger charge is 2.47. The Bertz CT molecular complexity index is 3040. The minimum Gasteiger partial charge on any atom is -0.311 e. The van der Waals surface area contributed by atoms with E-state index in [4.69, 9.17) is 0 Å². The second-order valence-electron chi connectivity index (χ2n) is 27.4. The molecule has 68 heavy (non-hydrogen) atoms. The van der Waals surface area contributed by atoms with E-state index >= 15 is 0 Å². The molecule has 0 N–H and O–H groups in total. The molecule has 0 amide bonds. The van der Waals surface area contributed by atoms with Crippen LogP contribution in [0.15, 0.2) is 103 Å². The molecule has 0 aromatic heterocycles. The zero-order chi connectivity index (χ0) is 49.1. The first kappa shape index (κ1) is 46.7. The predicted octanol–water partition coefficient (Wildman–Crippen LogP) is 16.3. The van der Waals surface area contributed by atoms with Gasteiger partial charge in [-0.25, -0.2) is 0 Å². The van der Waals surface area contributed by atoms with Crippen LogP contribution >= 0.6 is 0 Å².